The maximum absolute atomic E-state index is 11.9. The lowest BCUT2D eigenvalue weighted by Gasteiger charge is -2.11. The topological polar surface area (TPSA) is 95.4 Å². The number of sulfonamides is 1. The van der Waals surface area contributed by atoms with E-state index < -0.39 is 22.6 Å². The second kappa shape index (κ2) is 5.66. The molecule has 0 aliphatic rings. The first kappa shape index (κ1) is 15.6. The molecule has 0 aliphatic carbocycles. The lowest BCUT2D eigenvalue weighted by molar-refractivity contribution is -0.136. The van der Waals surface area contributed by atoms with Crippen molar-refractivity contribution in [2.45, 2.75) is 23.9 Å². The zero-order valence-electron chi connectivity index (χ0n) is 9.77. The van der Waals surface area contributed by atoms with Gasteiger partial charge in [0.15, 0.2) is 0 Å². The van der Waals surface area contributed by atoms with Crippen molar-refractivity contribution >= 4 is 15.7 Å². The Morgan fingerprint density at radius 1 is 1.26 bits per heavy atom. The molecule has 1 aromatic carbocycles. The van der Waals surface area contributed by atoms with E-state index in [1.807, 2.05) is 0 Å². The first-order valence-corrected chi connectivity index (χ1v) is 6.76. The van der Waals surface area contributed by atoms with E-state index in [-0.39, 0.29) is 29.4 Å². The van der Waals surface area contributed by atoms with Gasteiger partial charge in [-0.1, -0.05) is 0 Å². The Labute approximate surface area is 108 Å². The number of nitrogen functional groups attached to an aromatic ring is 1. The number of anilines is 1. The van der Waals surface area contributed by atoms with Gasteiger partial charge in [0.1, 0.15) is 5.75 Å². The van der Waals surface area contributed by atoms with E-state index in [1.54, 1.807) is 0 Å². The lowest BCUT2D eigenvalue weighted by Crippen LogP contribution is -2.13. The molecule has 5 nitrogen and oxygen atoms in total. The van der Waals surface area contributed by atoms with E-state index in [0.29, 0.717) is 0 Å². The molecule has 1 aromatic rings. The Balaban J connectivity index is 2.68. The molecule has 0 amide bonds. The van der Waals surface area contributed by atoms with Crippen LogP contribution in [-0.4, -0.2) is 21.2 Å². The van der Waals surface area contributed by atoms with Crippen molar-refractivity contribution in [2.24, 2.45) is 5.14 Å². The third-order valence-electron chi connectivity index (χ3n) is 2.18. The Bertz CT molecular complexity index is 543. The summed E-state index contributed by atoms with van der Waals surface area (Å²) in [6.07, 6.45) is -5.48. The molecule has 0 atom stereocenters. The summed E-state index contributed by atoms with van der Waals surface area (Å²) in [5.41, 5.74) is 5.64. The van der Waals surface area contributed by atoms with Crippen molar-refractivity contribution in [1.29, 1.82) is 0 Å². The van der Waals surface area contributed by atoms with Crippen LogP contribution in [0.2, 0.25) is 0 Å². The normalized spacial score (nSPS) is 12.4. The molecule has 0 saturated heterocycles. The number of nitrogens with two attached hydrogens (primary N) is 2. The molecule has 0 fully saturated rings. The number of alkyl halides is 3. The monoisotopic (exact) mass is 298 g/mol. The maximum atomic E-state index is 11.9. The minimum atomic E-state index is -4.25. The van der Waals surface area contributed by atoms with Gasteiger partial charge in [0.05, 0.1) is 17.2 Å². The first-order valence-electron chi connectivity index (χ1n) is 5.21. The van der Waals surface area contributed by atoms with Crippen molar-refractivity contribution < 1.29 is 26.3 Å². The highest BCUT2D eigenvalue weighted by molar-refractivity contribution is 7.89. The average molecular weight is 298 g/mol. The first-order chi connectivity index (χ1) is 8.59. The number of rotatable bonds is 5. The Kier molecular flexibility index (Phi) is 4.64. The quantitative estimate of drug-likeness (QED) is 0.638. The maximum Gasteiger partial charge on any atom is 0.389 e. The van der Waals surface area contributed by atoms with Crippen LogP contribution in [0.15, 0.2) is 23.1 Å². The molecule has 0 aromatic heterocycles. The highest BCUT2D eigenvalue weighted by atomic mass is 32.2. The zero-order valence-corrected chi connectivity index (χ0v) is 10.6. The van der Waals surface area contributed by atoms with Crippen LogP contribution in [0.3, 0.4) is 0 Å². The van der Waals surface area contributed by atoms with Crippen molar-refractivity contribution in [1.82, 2.24) is 0 Å². The van der Waals surface area contributed by atoms with Gasteiger partial charge < -0.3 is 10.5 Å². The molecule has 4 N–H and O–H groups in total. The molecule has 0 aliphatic heterocycles. The molecular formula is C10H13F3N2O3S. The molecule has 0 bridgehead atoms. The van der Waals surface area contributed by atoms with Crippen molar-refractivity contribution in [2.75, 3.05) is 12.3 Å². The molecule has 108 valence electrons. The number of hydrogen-bond acceptors (Lipinski definition) is 4. The molecule has 0 radical (unpaired) electrons. The fourth-order valence-corrected chi connectivity index (χ4v) is 1.80. The predicted octanol–water partition coefficient (Wildman–Crippen LogP) is 1.64. The van der Waals surface area contributed by atoms with Crippen molar-refractivity contribution in [3.05, 3.63) is 18.2 Å². The molecule has 0 heterocycles. The Hall–Kier alpha value is -1.48. The van der Waals surface area contributed by atoms with E-state index in [0.717, 1.165) is 6.07 Å². The SMILES string of the molecule is Nc1ccc(S(N)(=O)=O)cc1OCCCC(F)(F)F. The molecule has 19 heavy (non-hydrogen) atoms. The summed E-state index contributed by atoms with van der Waals surface area (Å²) >= 11 is 0. The van der Waals surface area contributed by atoms with Gasteiger partial charge in [-0.25, -0.2) is 13.6 Å². The van der Waals surface area contributed by atoms with Crippen LogP contribution >= 0.6 is 0 Å². The zero-order chi connectivity index (χ0) is 14.7. The van der Waals surface area contributed by atoms with Gasteiger partial charge in [0.2, 0.25) is 10.0 Å². The van der Waals surface area contributed by atoms with Crippen molar-refractivity contribution in [3.8, 4) is 5.75 Å². The van der Waals surface area contributed by atoms with Crippen LogP contribution in [-0.2, 0) is 10.0 Å². The van der Waals surface area contributed by atoms with Crippen LogP contribution in [0.4, 0.5) is 18.9 Å². The standard InChI is InChI=1S/C10H13F3N2O3S/c11-10(12,13)4-1-5-18-9-6-7(19(15,16)17)2-3-8(9)14/h2-3,6H,1,4-5,14H2,(H2,15,16,17). The van der Waals surface area contributed by atoms with Crippen molar-refractivity contribution in [3.63, 3.8) is 0 Å². The summed E-state index contributed by atoms with van der Waals surface area (Å²) in [5.74, 6) is -0.00583. The molecular weight excluding hydrogens is 285 g/mol. The summed E-state index contributed by atoms with van der Waals surface area (Å²) in [6.45, 7) is -0.224. The van der Waals surface area contributed by atoms with Gasteiger partial charge in [-0.15, -0.1) is 0 Å². The second-order valence-electron chi connectivity index (χ2n) is 3.81. The largest absolute Gasteiger partial charge is 0.491 e. The summed E-state index contributed by atoms with van der Waals surface area (Å²) in [6, 6.07) is 3.53. The van der Waals surface area contributed by atoms with E-state index >= 15 is 0 Å². The highest BCUT2D eigenvalue weighted by Gasteiger charge is 2.26. The van der Waals surface area contributed by atoms with Crippen LogP contribution in [0.5, 0.6) is 5.75 Å². The van der Waals surface area contributed by atoms with Crippen LogP contribution in [0.25, 0.3) is 0 Å². The fourth-order valence-electron chi connectivity index (χ4n) is 1.27. The smallest absolute Gasteiger partial charge is 0.389 e. The molecule has 0 spiro atoms. The van der Waals surface area contributed by atoms with Crippen LogP contribution < -0.4 is 15.6 Å². The summed E-state index contributed by atoms with van der Waals surface area (Å²) in [4.78, 5) is -0.215. The minimum absolute atomic E-state index is 0.00583. The lowest BCUT2D eigenvalue weighted by atomic mass is 10.3. The van der Waals surface area contributed by atoms with Gasteiger partial charge in [-0.3, -0.25) is 0 Å². The highest BCUT2D eigenvalue weighted by Crippen LogP contribution is 2.26. The van der Waals surface area contributed by atoms with E-state index in [9.17, 15) is 21.6 Å². The number of primary sulfonamides is 1. The summed E-state index contributed by atoms with van der Waals surface area (Å²) in [5, 5.41) is 4.91. The number of benzene rings is 1. The van der Waals surface area contributed by atoms with E-state index in [4.69, 9.17) is 15.6 Å². The molecule has 0 unspecified atom stereocenters. The van der Waals surface area contributed by atoms with Gasteiger partial charge in [-0.2, -0.15) is 13.2 Å². The van der Waals surface area contributed by atoms with Gasteiger partial charge in [0, 0.05) is 12.5 Å². The molecule has 0 saturated carbocycles. The Morgan fingerprint density at radius 3 is 2.42 bits per heavy atom. The molecule has 9 heteroatoms. The van der Waals surface area contributed by atoms with Gasteiger partial charge >= 0.3 is 6.18 Å². The van der Waals surface area contributed by atoms with Gasteiger partial charge in [-0.05, 0) is 18.6 Å². The molecule has 1 rings (SSSR count). The Morgan fingerprint density at radius 2 is 1.89 bits per heavy atom. The van der Waals surface area contributed by atoms with Crippen LogP contribution in [0, 0.1) is 0 Å². The second-order valence-corrected chi connectivity index (χ2v) is 5.37. The van der Waals surface area contributed by atoms with E-state index in [1.165, 1.54) is 12.1 Å². The van der Waals surface area contributed by atoms with Gasteiger partial charge in [0.25, 0.3) is 0 Å². The number of hydrogen-bond donors (Lipinski definition) is 2. The third-order valence-corrected chi connectivity index (χ3v) is 3.09. The number of ether oxygens (including phenoxy) is 1. The minimum Gasteiger partial charge on any atom is -0.491 e. The number of halogens is 3. The summed E-state index contributed by atoms with van der Waals surface area (Å²) in [7, 11) is -3.91. The fraction of sp³-hybridized carbons (Fsp3) is 0.400. The van der Waals surface area contributed by atoms with Crippen LogP contribution in [0.1, 0.15) is 12.8 Å². The summed E-state index contributed by atoms with van der Waals surface area (Å²) < 4.78 is 62.9. The third kappa shape index (κ3) is 5.35. The van der Waals surface area contributed by atoms with E-state index in [2.05, 4.69) is 0 Å². The predicted molar refractivity (Wildman–Crippen MR) is 63.0 cm³/mol. The average Bonchev–Trinajstić information content (AvgIpc) is 2.23.